The van der Waals surface area contributed by atoms with E-state index in [0.717, 1.165) is 18.6 Å². The molecule has 0 unspecified atom stereocenters. The minimum absolute atomic E-state index is 0.0592. The van der Waals surface area contributed by atoms with E-state index in [-0.39, 0.29) is 16.0 Å². The molecule has 1 amide bonds. The van der Waals surface area contributed by atoms with E-state index in [1.165, 1.54) is 6.92 Å². The molecule has 112 valence electrons. The fraction of sp³-hybridized carbons (Fsp3) is 0.462. The Bertz CT molecular complexity index is 614. The van der Waals surface area contributed by atoms with Crippen LogP contribution in [0.15, 0.2) is 17.0 Å². The molecule has 0 aliphatic rings. The first-order valence-electron chi connectivity index (χ1n) is 6.16. The zero-order valence-corrected chi connectivity index (χ0v) is 13.1. The minimum Gasteiger partial charge on any atom is -0.352 e. The second-order valence-corrected chi connectivity index (χ2v) is 7.49. The highest BCUT2D eigenvalue weighted by Crippen LogP contribution is 2.23. The summed E-state index contributed by atoms with van der Waals surface area (Å²) in [4.78, 5) is 11.5. The molecule has 1 aromatic carbocycles. The monoisotopic (exact) mass is 321 g/mol. The number of carbonyl (C=O) groups excluding carboxylic acids is 1. The lowest BCUT2D eigenvalue weighted by Crippen LogP contribution is -2.25. The molecule has 1 N–H and O–H groups in total. The summed E-state index contributed by atoms with van der Waals surface area (Å²) >= 11 is 0. The largest absolute Gasteiger partial charge is 0.352 e. The number of rotatable bonds is 5. The van der Waals surface area contributed by atoms with Gasteiger partial charge in [-0.2, -0.15) is 0 Å². The molecule has 0 aromatic heterocycles. The van der Waals surface area contributed by atoms with Crippen LogP contribution in [0.4, 0.5) is 4.39 Å². The van der Waals surface area contributed by atoms with Gasteiger partial charge in [0.05, 0.1) is 4.90 Å². The quantitative estimate of drug-likeness (QED) is 0.848. The Hall–Kier alpha value is -1.14. The highest BCUT2D eigenvalue weighted by Gasteiger charge is 2.20. The van der Waals surface area contributed by atoms with Crippen molar-refractivity contribution in [1.29, 1.82) is 0 Å². The Morgan fingerprint density at radius 3 is 2.50 bits per heavy atom. The highest BCUT2D eigenvalue weighted by atomic mass is 35.7. The van der Waals surface area contributed by atoms with Gasteiger partial charge in [0.25, 0.3) is 15.0 Å². The summed E-state index contributed by atoms with van der Waals surface area (Å²) in [5.41, 5.74) is -0.158. The summed E-state index contributed by atoms with van der Waals surface area (Å²) < 4.78 is 36.4. The molecule has 0 atom stereocenters. The van der Waals surface area contributed by atoms with Crippen molar-refractivity contribution in [2.24, 2.45) is 5.92 Å². The lowest BCUT2D eigenvalue weighted by Gasteiger charge is -2.10. The molecule has 7 heteroatoms. The molecule has 0 spiro atoms. The molecule has 0 bridgehead atoms. The number of amides is 1. The van der Waals surface area contributed by atoms with Gasteiger partial charge in [-0.3, -0.25) is 4.79 Å². The maximum Gasteiger partial charge on any atom is 0.261 e. The standard InChI is InChI=1S/C13H17ClFNO3S/c1-8(2)4-5-16-13(17)10-6-11(15)9(3)12(7-10)20(14,18)19/h6-8H,4-5H2,1-3H3,(H,16,17). The maximum absolute atomic E-state index is 13.7. The summed E-state index contributed by atoms with van der Waals surface area (Å²) in [5.74, 6) is -0.879. The zero-order chi connectivity index (χ0) is 15.5. The molecule has 4 nitrogen and oxygen atoms in total. The Morgan fingerprint density at radius 2 is 2.00 bits per heavy atom. The summed E-state index contributed by atoms with van der Waals surface area (Å²) in [5, 5.41) is 2.61. The third kappa shape index (κ3) is 4.45. The normalized spacial score (nSPS) is 11.7. The van der Waals surface area contributed by atoms with Crippen molar-refractivity contribution in [2.45, 2.75) is 32.1 Å². The van der Waals surface area contributed by atoms with Crippen molar-refractivity contribution in [3.63, 3.8) is 0 Å². The first-order valence-corrected chi connectivity index (χ1v) is 8.47. The number of hydrogen-bond acceptors (Lipinski definition) is 3. The zero-order valence-electron chi connectivity index (χ0n) is 11.5. The predicted molar refractivity (Wildman–Crippen MR) is 76.0 cm³/mol. The van der Waals surface area contributed by atoms with Gasteiger partial charge < -0.3 is 5.32 Å². The van der Waals surface area contributed by atoms with Gasteiger partial charge in [-0.25, -0.2) is 12.8 Å². The smallest absolute Gasteiger partial charge is 0.261 e. The first kappa shape index (κ1) is 16.9. The number of carbonyl (C=O) groups is 1. The van der Waals surface area contributed by atoms with E-state index in [2.05, 4.69) is 5.32 Å². The lowest BCUT2D eigenvalue weighted by molar-refractivity contribution is 0.0951. The Labute approximate surface area is 122 Å². The molecule has 1 rings (SSSR count). The van der Waals surface area contributed by atoms with Crippen LogP contribution in [0.1, 0.15) is 36.2 Å². The average Bonchev–Trinajstić information content (AvgIpc) is 2.30. The van der Waals surface area contributed by atoms with Gasteiger partial charge >= 0.3 is 0 Å². The second kappa shape index (κ2) is 6.54. The predicted octanol–water partition coefficient (Wildman–Crippen LogP) is 2.84. The number of nitrogens with one attached hydrogen (secondary N) is 1. The van der Waals surface area contributed by atoms with Crippen LogP contribution in [-0.4, -0.2) is 20.9 Å². The van der Waals surface area contributed by atoms with Crippen LogP contribution in [0.25, 0.3) is 0 Å². The van der Waals surface area contributed by atoms with Gasteiger partial charge in [-0.05, 0) is 31.4 Å². The summed E-state index contributed by atoms with van der Waals surface area (Å²) in [6.07, 6.45) is 0.779. The molecule has 0 saturated heterocycles. The average molecular weight is 322 g/mol. The van der Waals surface area contributed by atoms with Gasteiger partial charge in [-0.15, -0.1) is 0 Å². The minimum atomic E-state index is -4.09. The van der Waals surface area contributed by atoms with Gasteiger partial charge in [-0.1, -0.05) is 13.8 Å². The molecule has 20 heavy (non-hydrogen) atoms. The van der Waals surface area contributed by atoms with E-state index in [0.29, 0.717) is 12.5 Å². The molecule has 1 aromatic rings. The maximum atomic E-state index is 13.7. The van der Waals surface area contributed by atoms with Crippen LogP contribution in [0.2, 0.25) is 0 Å². The van der Waals surface area contributed by atoms with E-state index in [1.54, 1.807) is 0 Å². The molecular formula is C13H17ClFNO3S. The van der Waals surface area contributed by atoms with Crippen LogP contribution in [-0.2, 0) is 9.05 Å². The fourth-order valence-electron chi connectivity index (χ4n) is 1.61. The van der Waals surface area contributed by atoms with Crippen molar-refractivity contribution < 1.29 is 17.6 Å². The van der Waals surface area contributed by atoms with Crippen LogP contribution in [0.5, 0.6) is 0 Å². The van der Waals surface area contributed by atoms with E-state index >= 15 is 0 Å². The van der Waals surface area contributed by atoms with Crippen molar-refractivity contribution in [3.8, 4) is 0 Å². The molecule has 0 heterocycles. The molecular weight excluding hydrogens is 305 g/mol. The lowest BCUT2D eigenvalue weighted by atomic mass is 10.1. The Morgan fingerprint density at radius 1 is 1.40 bits per heavy atom. The van der Waals surface area contributed by atoms with Crippen molar-refractivity contribution >= 4 is 25.6 Å². The first-order chi connectivity index (χ1) is 9.12. The summed E-state index contributed by atoms with van der Waals surface area (Å²) in [7, 11) is 1.14. The third-order valence-electron chi connectivity index (χ3n) is 2.83. The summed E-state index contributed by atoms with van der Waals surface area (Å²) in [6, 6.07) is 2.09. The van der Waals surface area contributed by atoms with Gasteiger partial charge in [0.15, 0.2) is 0 Å². The highest BCUT2D eigenvalue weighted by molar-refractivity contribution is 8.13. The second-order valence-electron chi connectivity index (χ2n) is 4.96. The van der Waals surface area contributed by atoms with Gasteiger partial charge in [0.2, 0.25) is 0 Å². The van der Waals surface area contributed by atoms with E-state index in [1.807, 2.05) is 13.8 Å². The van der Waals surface area contributed by atoms with Crippen LogP contribution >= 0.6 is 10.7 Å². The van der Waals surface area contributed by atoms with Crippen LogP contribution in [0.3, 0.4) is 0 Å². The van der Waals surface area contributed by atoms with Gasteiger partial charge in [0.1, 0.15) is 5.82 Å². The van der Waals surface area contributed by atoms with Crippen LogP contribution in [0, 0.1) is 18.7 Å². The number of halogens is 2. The molecule has 0 radical (unpaired) electrons. The van der Waals surface area contributed by atoms with Gasteiger partial charge in [0, 0.05) is 28.4 Å². The fourth-order valence-corrected chi connectivity index (χ4v) is 2.83. The van der Waals surface area contributed by atoms with E-state index in [4.69, 9.17) is 10.7 Å². The molecule has 0 aliphatic carbocycles. The van der Waals surface area contributed by atoms with E-state index < -0.39 is 20.8 Å². The molecule has 0 aliphatic heterocycles. The van der Waals surface area contributed by atoms with E-state index in [9.17, 15) is 17.6 Å². The van der Waals surface area contributed by atoms with Crippen LogP contribution < -0.4 is 5.32 Å². The Kier molecular flexibility index (Phi) is 5.53. The molecule has 0 fully saturated rings. The number of hydrogen-bond donors (Lipinski definition) is 1. The third-order valence-corrected chi connectivity index (χ3v) is 4.28. The number of benzene rings is 1. The Balaban J connectivity index is 3.03. The summed E-state index contributed by atoms with van der Waals surface area (Å²) in [6.45, 7) is 5.76. The van der Waals surface area contributed by atoms with Crippen molar-refractivity contribution in [1.82, 2.24) is 5.32 Å². The van der Waals surface area contributed by atoms with Crippen molar-refractivity contribution in [2.75, 3.05) is 6.54 Å². The van der Waals surface area contributed by atoms with Crippen molar-refractivity contribution in [3.05, 3.63) is 29.1 Å². The SMILES string of the molecule is Cc1c(F)cc(C(=O)NCCC(C)C)cc1S(=O)(=O)Cl. The molecule has 0 saturated carbocycles. The topological polar surface area (TPSA) is 63.2 Å².